The zero-order chi connectivity index (χ0) is 24.6. The summed E-state index contributed by atoms with van der Waals surface area (Å²) in [7, 11) is 4.32. The molecule has 1 fully saturated rings. The molecule has 1 saturated heterocycles. The van der Waals surface area contributed by atoms with E-state index in [9.17, 15) is 0 Å². The molecular formula is C29H29FN6. The van der Waals surface area contributed by atoms with Crippen molar-refractivity contribution in [1.29, 1.82) is 0 Å². The van der Waals surface area contributed by atoms with Crippen molar-refractivity contribution in [3.63, 3.8) is 0 Å². The minimum absolute atomic E-state index is 0.333. The highest BCUT2D eigenvalue weighted by molar-refractivity contribution is 6.13. The SMILES string of the molecule is CN(C)C1CCCN(Cc2ccc(-c3c(F)cnc4[nH]c5cnc(-c6cccnc6)cc5c34)cc2)C1. The second-order valence-corrected chi connectivity index (χ2v) is 9.88. The second-order valence-electron chi connectivity index (χ2n) is 9.88. The van der Waals surface area contributed by atoms with Gasteiger partial charge in [-0.25, -0.2) is 9.37 Å². The van der Waals surface area contributed by atoms with E-state index < -0.39 is 0 Å². The van der Waals surface area contributed by atoms with E-state index in [0.717, 1.165) is 52.7 Å². The van der Waals surface area contributed by atoms with E-state index in [1.165, 1.54) is 24.6 Å². The summed E-state index contributed by atoms with van der Waals surface area (Å²) in [5, 5.41) is 1.67. The van der Waals surface area contributed by atoms with Crippen molar-refractivity contribution in [2.75, 3.05) is 27.2 Å². The number of aromatic nitrogens is 4. The molecule has 1 aromatic carbocycles. The molecule has 5 aromatic rings. The Morgan fingerprint density at radius 1 is 1.06 bits per heavy atom. The van der Waals surface area contributed by atoms with Crippen LogP contribution in [0.15, 0.2) is 67.3 Å². The summed E-state index contributed by atoms with van der Waals surface area (Å²) < 4.78 is 15.3. The highest BCUT2D eigenvalue weighted by Gasteiger charge is 2.22. The van der Waals surface area contributed by atoms with Crippen LogP contribution < -0.4 is 0 Å². The van der Waals surface area contributed by atoms with Crippen molar-refractivity contribution in [2.45, 2.75) is 25.4 Å². The first-order chi connectivity index (χ1) is 17.6. The normalized spacial score (nSPS) is 16.8. The number of likely N-dealkylation sites (tertiary alicyclic amines) is 1. The number of fused-ring (bicyclic) bond motifs is 3. The van der Waals surface area contributed by atoms with Gasteiger partial charge in [-0.3, -0.25) is 14.9 Å². The van der Waals surface area contributed by atoms with Crippen LogP contribution in [0.2, 0.25) is 0 Å². The monoisotopic (exact) mass is 480 g/mol. The number of piperidine rings is 1. The molecule has 1 aliphatic heterocycles. The number of pyridine rings is 3. The summed E-state index contributed by atoms with van der Waals surface area (Å²) in [5.74, 6) is -0.333. The lowest BCUT2D eigenvalue weighted by Crippen LogP contribution is -2.44. The number of nitrogens with zero attached hydrogens (tertiary/aromatic N) is 5. The van der Waals surface area contributed by atoms with Gasteiger partial charge in [-0.15, -0.1) is 0 Å². The standard InChI is InChI=1S/C29H29FN6/c1-35(2)22-6-4-12-36(18-22)17-19-7-9-20(10-8-19)27-24(30)15-33-29-28(27)23-13-25(32-16-26(23)34-29)21-5-3-11-31-14-21/h3,5,7-11,13-16,22H,4,6,12,17-18H2,1-2H3,(H,33,34). The zero-order valence-electron chi connectivity index (χ0n) is 20.6. The molecule has 1 unspecified atom stereocenters. The number of likely N-dealkylation sites (N-methyl/N-ethyl adjacent to an activating group) is 1. The molecule has 182 valence electrons. The van der Waals surface area contributed by atoms with E-state index in [1.54, 1.807) is 18.6 Å². The smallest absolute Gasteiger partial charge is 0.150 e. The quantitative estimate of drug-likeness (QED) is 0.360. The average Bonchev–Trinajstić information content (AvgIpc) is 3.28. The van der Waals surface area contributed by atoms with Crippen LogP contribution in [0.3, 0.4) is 0 Å². The van der Waals surface area contributed by atoms with Crippen LogP contribution in [0.4, 0.5) is 4.39 Å². The summed E-state index contributed by atoms with van der Waals surface area (Å²) in [4.78, 5) is 21.3. The number of rotatable bonds is 5. The molecule has 0 saturated carbocycles. The molecule has 5 heterocycles. The number of halogens is 1. The number of hydrogen-bond donors (Lipinski definition) is 1. The molecule has 7 heteroatoms. The second kappa shape index (κ2) is 9.41. The van der Waals surface area contributed by atoms with E-state index in [0.29, 0.717) is 17.3 Å². The maximum Gasteiger partial charge on any atom is 0.150 e. The van der Waals surface area contributed by atoms with Gasteiger partial charge in [-0.2, -0.15) is 0 Å². The van der Waals surface area contributed by atoms with Crippen molar-refractivity contribution >= 4 is 21.9 Å². The Balaban J connectivity index is 1.36. The molecule has 0 amide bonds. The molecule has 6 nitrogen and oxygen atoms in total. The molecular weight excluding hydrogens is 451 g/mol. The first-order valence-electron chi connectivity index (χ1n) is 12.4. The third kappa shape index (κ3) is 4.25. The Labute approximate surface area is 209 Å². The Bertz CT molecular complexity index is 1510. The fraction of sp³-hybridized carbons (Fsp3) is 0.276. The van der Waals surface area contributed by atoms with E-state index in [1.807, 2.05) is 30.3 Å². The summed E-state index contributed by atoms with van der Waals surface area (Å²) in [6.07, 6.45) is 9.07. The minimum Gasteiger partial charge on any atom is -0.338 e. The van der Waals surface area contributed by atoms with Crippen molar-refractivity contribution < 1.29 is 4.39 Å². The van der Waals surface area contributed by atoms with E-state index in [4.69, 9.17) is 0 Å². The van der Waals surface area contributed by atoms with Crippen molar-refractivity contribution in [3.05, 3.63) is 78.6 Å². The largest absolute Gasteiger partial charge is 0.338 e. The molecule has 36 heavy (non-hydrogen) atoms. The maximum atomic E-state index is 15.3. The van der Waals surface area contributed by atoms with Crippen molar-refractivity contribution in [1.82, 2.24) is 29.7 Å². The fourth-order valence-electron chi connectivity index (χ4n) is 5.32. The van der Waals surface area contributed by atoms with E-state index in [2.05, 4.69) is 56.0 Å². The predicted molar refractivity (Wildman–Crippen MR) is 142 cm³/mol. The number of aromatic amines is 1. The highest BCUT2D eigenvalue weighted by Crippen LogP contribution is 2.36. The lowest BCUT2D eigenvalue weighted by atomic mass is 9.99. The Morgan fingerprint density at radius 3 is 2.69 bits per heavy atom. The molecule has 0 radical (unpaired) electrons. The Morgan fingerprint density at radius 2 is 1.92 bits per heavy atom. The first-order valence-corrected chi connectivity index (χ1v) is 12.4. The maximum absolute atomic E-state index is 15.3. The predicted octanol–water partition coefficient (Wildman–Crippen LogP) is 5.51. The summed E-state index contributed by atoms with van der Waals surface area (Å²) in [5.41, 5.74) is 5.83. The van der Waals surface area contributed by atoms with E-state index >= 15 is 4.39 Å². The lowest BCUT2D eigenvalue weighted by Gasteiger charge is -2.36. The van der Waals surface area contributed by atoms with Gasteiger partial charge in [0.2, 0.25) is 0 Å². The van der Waals surface area contributed by atoms with Crippen LogP contribution in [0.5, 0.6) is 0 Å². The molecule has 6 rings (SSSR count). The molecule has 4 aromatic heterocycles. The van der Waals surface area contributed by atoms with Gasteiger partial charge in [-0.1, -0.05) is 24.3 Å². The van der Waals surface area contributed by atoms with Gasteiger partial charge in [-0.05, 0) is 62.8 Å². The van der Waals surface area contributed by atoms with Crippen molar-refractivity contribution in [3.8, 4) is 22.4 Å². The van der Waals surface area contributed by atoms with Gasteiger partial charge in [0, 0.05) is 53.4 Å². The topological polar surface area (TPSA) is 60.9 Å². The van der Waals surface area contributed by atoms with Crippen LogP contribution >= 0.6 is 0 Å². The van der Waals surface area contributed by atoms with Crippen LogP contribution in [0.1, 0.15) is 18.4 Å². The lowest BCUT2D eigenvalue weighted by molar-refractivity contribution is 0.128. The first kappa shape index (κ1) is 22.8. The van der Waals surface area contributed by atoms with Crippen LogP contribution in [0, 0.1) is 5.82 Å². The average molecular weight is 481 g/mol. The highest BCUT2D eigenvalue weighted by atomic mass is 19.1. The van der Waals surface area contributed by atoms with Gasteiger partial charge in [0.25, 0.3) is 0 Å². The Hall–Kier alpha value is -3.68. The van der Waals surface area contributed by atoms with Gasteiger partial charge in [0.15, 0.2) is 0 Å². The molecule has 0 spiro atoms. The van der Waals surface area contributed by atoms with Gasteiger partial charge in [0.1, 0.15) is 11.5 Å². The Kier molecular flexibility index (Phi) is 5.95. The number of hydrogen-bond acceptors (Lipinski definition) is 5. The summed E-state index contributed by atoms with van der Waals surface area (Å²) >= 11 is 0. The van der Waals surface area contributed by atoms with Crippen LogP contribution in [-0.2, 0) is 6.54 Å². The summed E-state index contributed by atoms with van der Waals surface area (Å²) in [6.45, 7) is 3.11. The van der Waals surface area contributed by atoms with Gasteiger partial charge in [0.05, 0.1) is 23.6 Å². The third-order valence-electron chi connectivity index (χ3n) is 7.28. The molecule has 0 bridgehead atoms. The van der Waals surface area contributed by atoms with Crippen LogP contribution in [-0.4, -0.2) is 63.0 Å². The van der Waals surface area contributed by atoms with Gasteiger partial charge >= 0.3 is 0 Å². The number of benzene rings is 1. The zero-order valence-corrected chi connectivity index (χ0v) is 20.6. The van der Waals surface area contributed by atoms with Crippen LogP contribution in [0.25, 0.3) is 44.3 Å². The minimum atomic E-state index is -0.333. The third-order valence-corrected chi connectivity index (χ3v) is 7.28. The molecule has 1 N–H and O–H groups in total. The fourth-order valence-corrected chi connectivity index (χ4v) is 5.32. The molecule has 1 atom stereocenters. The van der Waals surface area contributed by atoms with Crippen molar-refractivity contribution in [2.24, 2.45) is 0 Å². The number of nitrogens with one attached hydrogen (secondary N) is 1. The molecule has 0 aliphatic carbocycles. The van der Waals surface area contributed by atoms with E-state index in [-0.39, 0.29) is 5.82 Å². The molecule has 1 aliphatic rings. The summed E-state index contributed by atoms with van der Waals surface area (Å²) in [6, 6.07) is 14.8. The van der Waals surface area contributed by atoms with Gasteiger partial charge < -0.3 is 9.88 Å². The number of H-pyrrole nitrogens is 1.